The Balaban J connectivity index is 1.73. The fourth-order valence-electron chi connectivity index (χ4n) is 8.05. The van der Waals surface area contributed by atoms with Crippen LogP contribution in [-0.4, -0.2) is 23.1 Å². The summed E-state index contributed by atoms with van der Waals surface area (Å²) in [6, 6.07) is 0. The summed E-state index contributed by atoms with van der Waals surface area (Å²) in [5.74, 6) is 1.82. The lowest BCUT2D eigenvalue weighted by Gasteiger charge is -2.60. The van der Waals surface area contributed by atoms with Crippen LogP contribution in [0.5, 0.6) is 0 Å². The van der Waals surface area contributed by atoms with Crippen molar-refractivity contribution in [1.29, 1.82) is 0 Å². The summed E-state index contributed by atoms with van der Waals surface area (Å²) in [4.78, 5) is 36.8. The molecule has 0 aromatic rings. The third-order valence-electron chi connectivity index (χ3n) is 9.29. The maximum Gasteiger partial charge on any atom is 0.303 e. The molecule has 0 heterocycles. The molecule has 4 aliphatic rings. The average Bonchev–Trinajstić information content (AvgIpc) is 2.90. The molecule has 4 heteroatoms. The van der Waals surface area contributed by atoms with Gasteiger partial charge in [-0.15, -0.1) is 0 Å². The molecule has 0 spiro atoms. The van der Waals surface area contributed by atoms with E-state index in [-0.39, 0.29) is 28.4 Å². The second-order valence-electron chi connectivity index (χ2n) is 10.5. The van der Waals surface area contributed by atoms with Gasteiger partial charge in [-0.3, -0.25) is 14.4 Å². The summed E-state index contributed by atoms with van der Waals surface area (Å²) >= 11 is 0. The van der Waals surface area contributed by atoms with E-state index in [0.717, 1.165) is 32.1 Å². The van der Waals surface area contributed by atoms with Crippen molar-refractivity contribution in [3.05, 3.63) is 11.6 Å². The number of ketones is 2. The number of Topliss-reactive ketones (excluding diaryl/α,β-unsaturated/α-hetero) is 1. The van der Waals surface area contributed by atoms with Gasteiger partial charge in [-0.1, -0.05) is 26.3 Å². The van der Waals surface area contributed by atoms with Gasteiger partial charge in [-0.2, -0.15) is 0 Å². The predicted octanol–water partition coefficient (Wildman–Crippen LogP) is 4.66. The fraction of sp³-hybridized carbons (Fsp3) is 0.792. The van der Waals surface area contributed by atoms with E-state index in [0.29, 0.717) is 36.5 Å². The molecule has 3 saturated carbocycles. The highest BCUT2D eigenvalue weighted by Gasteiger charge is 2.68. The van der Waals surface area contributed by atoms with Crippen molar-refractivity contribution < 1.29 is 19.1 Å². The van der Waals surface area contributed by atoms with Gasteiger partial charge in [-0.25, -0.2) is 0 Å². The SMILES string of the molecule is CC(=O)O[C@@]1(C(C)=O)CC[C@@H]2[C@@H]3C[C@H](C)C4=CC(=O)CC[C@]4(C)[C@H]3CC[C@]21C. The molecule has 0 saturated heterocycles. The highest BCUT2D eigenvalue weighted by Crippen LogP contribution is 2.69. The molecular weight excluding hydrogens is 352 g/mol. The highest BCUT2D eigenvalue weighted by molar-refractivity contribution is 5.92. The van der Waals surface area contributed by atoms with E-state index in [2.05, 4.69) is 20.8 Å². The molecule has 3 fully saturated rings. The Bertz CT molecular complexity index is 767. The number of rotatable bonds is 2. The van der Waals surface area contributed by atoms with Gasteiger partial charge in [-0.05, 0) is 80.6 Å². The second-order valence-corrected chi connectivity index (χ2v) is 10.5. The molecule has 154 valence electrons. The van der Waals surface area contributed by atoms with Crippen molar-refractivity contribution in [3.63, 3.8) is 0 Å². The van der Waals surface area contributed by atoms with E-state index in [1.807, 2.05) is 6.08 Å². The second kappa shape index (κ2) is 6.27. The Hall–Kier alpha value is -1.45. The lowest BCUT2D eigenvalue weighted by molar-refractivity contribution is -0.187. The number of hydrogen-bond acceptors (Lipinski definition) is 4. The Kier molecular flexibility index (Phi) is 4.45. The van der Waals surface area contributed by atoms with Crippen molar-refractivity contribution in [2.24, 2.45) is 34.5 Å². The van der Waals surface area contributed by atoms with Crippen LogP contribution in [0.3, 0.4) is 0 Å². The van der Waals surface area contributed by atoms with Gasteiger partial charge in [0.05, 0.1) is 0 Å². The van der Waals surface area contributed by atoms with Gasteiger partial charge < -0.3 is 4.74 Å². The Morgan fingerprint density at radius 1 is 1.07 bits per heavy atom. The minimum Gasteiger partial charge on any atom is -0.451 e. The van der Waals surface area contributed by atoms with Crippen LogP contribution in [0.15, 0.2) is 11.6 Å². The maximum atomic E-state index is 12.8. The smallest absolute Gasteiger partial charge is 0.303 e. The van der Waals surface area contributed by atoms with Gasteiger partial charge in [0.15, 0.2) is 17.2 Å². The van der Waals surface area contributed by atoms with Gasteiger partial charge in [0.2, 0.25) is 0 Å². The minimum absolute atomic E-state index is 0.00469. The van der Waals surface area contributed by atoms with Crippen LogP contribution >= 0.6 is 0 Å². The summed E-state index contributed by atoms with van der Waals surface area (Å²) in [6.45, 7) is 9.87. The molecular formula is C24H34O4. The van der Waals surface area contributed by atoms with Crippen LogP contribution in [0.4, 0.5) is 0 Å². The molecule has 7 atom stereocenters. The first kappa shape index (κ1) is 19.8. The van der Waals surface area contributed by atoms with Crippen molar-refractivity contribution in [2.75, 3.05) is 0 Å². The van der Waals surface area contributed by atoms with Crippen LogP contribution in [0.25, 0.3) is 0 Å². The third kappa shape index (κ3) is 2.45. The molecule has 28 heavy (non-hydrogen) atoms. The van der Waals surface area contributed by atoms with Gasteiger partial charge in [0.1, 0.15) is 0 Å². The number of carbonyl (C=O) groups is 3. The molecule has 0 N–H and O–H groups in total. The monoisotopic (exact) mass is 386 g/mol. The van der Waals surface area contributed by atoms with E-state index >= 15 is 0 Å². The summed E-state index contributed by atoms with van der Waals surface area (Å²) in [7, 11) is 0. The average molecular weight is 387 g/mol. The zero-order valence-corrected chi connectivity index (χ0v) is 18.0. The van der Waals surface area contributed by atoms with Crippen LogP contribution in [0.2, 0.25) is 0 Å². The van der Waals surface area contributed by atoms with Crippen molar-refractivity contribution in [1.82, 2.24) is 0 Å². The van der Waals surface area contributed by atoms with E-state index < -0.39 is 5.60 Å². The van der Waals surface area contributed by atoms with E-state index in [1.165, 1.54) is 12.5 Å². The van der Waals surface area contributed by atoms with E-state index in [9.17, 15) is 14.4 Å². The topological polar surface area (TPSA) is 60.4 Å². The molecule has 0 radical (unpaired) electrons. The Morgan fingerprint density at radius 2 is 1.75 bits per heavy atom. The summed E-state index contributed by atoms with van der Waals surface area (Å²) < 4.78 is 5.84. The molecule has 0 unspecified atom stereocenters. The zero-order valence-electron chi connectivity index (χ0n) is 18.0. The molecule has 0 bridgehead atoms. The first-order valence-corrected chi connectivity index (χ1v) is 11.0. The van der Waals surface area contributed by atoms with E-state index in [1.54, 1.807) is 6.92 Å². The number of ether oxygens (including phenoxy) is 1. The zero-order chi connectivity index (χ0) is 20.5. The molecule has 4 nitrogen and oxygen atoms in total. The first-order valence-electron chi connectivity index (χ1n) is 11.0. The van der Waals surface area contributed by atoms with Crippen molar-refractivity contribution in [3.8, 4) is 0 Å². The minimum atomic E-state index is -0.961. The standard InChI is InChI=1S/C24H34O4/c1-14-12-18-19(22(4)9-6-17(27)13-21(14)22)7-10-23(5)20(18)8-11-24(23,15(2)25)28-16(3)26/h13-14,18-20H,6-12H2,1-5H3/t14-,18+,19-,20+,22+,23+,24+/m0/s1. The summed E-state index contributed by atoms with van der Waals surface area (Å²) in [5.41, 5.74) is 0.218. The third-order valence-corrected chi connectivity index (χ3v) is 9.29. The maximum absolute atomic E-state index is 12.8. The van der Waals surface area contributed by atoms with E-state index in [4.69, 9.17) is 4.74 Å². The molecule has 4 rings (SSSR count). The summed E-state index contributed by atoms with van der Waals surface area (Å²) in [5, 5.41) is 0. The highest BCUT2D eigenvalue weighted by atomic mass is 16.6. The largest absolute Gasteiger partial charge is 0.451 e. The number of esters is 1. The fourth-order valence-corrected chi connectivity index (χ4v) is 8.05. The number of hydrogen-bond donors (Lipinski definition) is 0. The van der Waals surface area contributed by atoms with Crippen LogP contribution in [0.1, 0.15) is 79.6 Å². The molecule has 0 aromatic carbocycles. The van der Waals surface area contributed by atoms with Gasteiger partial charge >= 0.3 is 5.97 Å². The van der Waals surface area contributed by atoms with Crippen LogP contribution in [-0.2, 0) is 19.1 Å². The first-order chi connectivity index (χ1) is 13.0. The lowest BCUT2D eigenvalue weighted by atomic mass is 9.44. The normalized spacial score (nSPS) is 47.5. The number of allylic oxidation sites excluding steroid dienone is 1. The lowest BCUT2D eigenvalue weighted by Crippen LogP contribution is -2.59. The van der Waals surface area contributed by atoms with Gasteiger partial charge in [0, 0.05) is 18.8 Å². The van der Waals surface area contributed by atoms with Gasteiger partial charge in [0.25, 0.3) is 0 Å². The van der Waals surface area contributed by atoms with Crippen molar-refractivity contribution >= 4 is 17.5 Å². The Morgan fingerprint density at radius 3 is 2.39 bits per heavy atom. The summed E-state index contributed by atoms with van der Waals surface area (Å²) in [6.07, 6.45) is 8.19. The molecule has 0 amide bonds. The quantitative estimate of drug-likeness (QED) is 0.648. The molecule has 0 aromatic heterocycles. The molecule has 0 aliphatic heterocycles. The Labute approximate surface area is 168 Å². The van der Waals surface area contributed by atoms with Crippen molar-refractivity contribution in [2.45, 2.75) is 85.2 Å². The van der Waals surface area contributed by atoms with Crippen LogP contribution < -0.4 is 0 Å². The molecule has 4 aliphatic carbocycles. The number of carbonyl (C=O) groups excluding carboxylic acids is 3. The van der Waals surface area contributed by atoms with Crippen LogP contribution in [0, 0.1) is 34.5 Å². The predicted molar refractivity (Wildman–Crippen MR) is 106 cm³/mol. The number of fused-ring (bicyclic) bond motifs is 5.